The molecule has 0 saturated carbocycles. The average Bonchev–Trinajstić information content (AvgIpc) is 3.04. The van der Waals surface area contributed by atoms with Crippen LogP contribution in [0.3, 0.4) is 0 Å². The SMILES string of the molecule is OC1=CC2(CCN(CCc3ccccn3)CC2)Sc2sccc21. The third kappa shape index (κ3) is 3.18. The zero-order valence-corrected chi connectivity index (χ0v) is 14.6. The summed E-state index contributed by atoms with van der Waals surface area (Å²) >= 11 is 3.70. The number of rotatable bonds is 3. The van der Waals surface area contributed by atoms with Gasteiger partial charge in [-0.05, 0) is 55.6 Å². The van der Waals surface area contributed by atoms with E-state index in [2.05, 4.69) is 33.5 Å². The molecule has 4 heterocycles. The van der Waals surface area contributed by atoms with Crippen LogP contribution in [0.2, 0.25) is 0 Å². The molecule has 120 valence electrons. The van der Waals surface area contributed by atoms with Gasteiger partial charge in [-0.2, -0.15) is 0 Å². The molecular weight excluding hydrogens is 324 g/mol. The van der Waals surface area contributed by atoms with E-state index in [1.54, 1.807) is 11.3 Å². The van der Waals surface area contributed by atoms with Crippen LogP contribution < -0.4 is 0 Å². The maximum atomic E-state index is 10.3. The maximum Gasteiger partial charge on any atom is 0.122 e. The molecule has 0 unspecified atom stereocenters. The fraction of sp³-hybridized carbons (Fsp3) is 0.389. The van der Waals surface area contributed by atoms with E-state index < -0.39 is 0 Å². The number of aliphatic hydroxyl groups is 1. The summed E-state index contributed by atoms with van der Waals surface area (Å²) in [4.78, 5) is 6.93. The van der Waals surface area contributed by atoms with E-state index in [9.17, 15) is 5.11 Å². The number of aliphatic hydroxyl groups excluding tert-OH is 1. The lowest BCUT2D eigenvalue weighted by Crippen LogP contribution is -2.42. The van der Waals surface area contributed by atoms with E-state index in [0.717, 1.165) is 44.5 Å². The second-order valence-corrected chi connectivity index (χ2v) is 8.83. The van der Waals surface area contributed by atoms with Crippen LogP contribution in [0.25, 0.3) is 5.76 Å². The lowest BCUT2D eigenvalue weighted by molar-refractivity contribution is 0.216. The number of aromatic nitrogens is 1. The van der Waals surface area contributed by atoms with Crippen LogP contribution in [0.4, 0.5) is 0 Å². The van der Waals surface area contributed by atoms with Gasteiger partial charge in [-0.25, -0.2) is 0 Å². The highest BCUT2D eigenvalue weighted by Crippen LogP contribution is 2.50. The molecule has 0 aromatic carbocycles. The Labute approximate surface area is 145 Å². The molecule has 0 radical (unpaired) electrons. The molecule has 0 amide bonds. The van der Waals surface area contributed by atoms with Crippen LogP contribution in [0.5, 0.6) is 0 Å². The number of likely N-dealkylation sites (tertiary alicyclic amines) is 1. The molecule has 5 heteroatoms. The van der Waals surface area contributed by atoms with E-state index in [1.807, 2.05) is 30.1 Å². The van der Waals surface area contributed by atoms with Gasteiger partial charge in [0.1, 0.15) is 5.76 Å². The van der Waals surface area contributed by atoms with E-state index in [1.165, 1.54) is 9.90 Å². The van der Waals surface area contributed by atoms with Crippen LogP contribution in [0, 0.1) is 0 Å². The second-order valence-electron chi connectivity index (χ2n) is 6.23. The summed E-state index contributed by atoms with van der Waals surface area (Å²) in [5, 5.41) is 12.4. The second kappa shape index (κ2) is 6.30. The van der Waals surface area contributed by atoms with Crippen molar-refractivity contribution in [2.45, 2.75) is 28.2 Å². The molecule has 1 saturated heterocycles. The lowest BCUT2D eigenvalue weighted by atomic mass is 9.93. The summed E-state index contributed by atoms with van der Waals surface area (Å²) < 4.78 is 1.36. The van der Waals surface area contributed by atoms with Crippen molar-refractivity contribution in [3.63, 3.8) is 0 Å². The first-order valence-corrected chi connectivity index (χ1v) is 9.75. The van der Waals surface area contributed by atoms with Gasteiger partial charge >= 0.3 is 0 Å². The Morgan fingerprint density at radius 2 is 2.09 bits per heavy atom. The van der Waals surface area contributed by atoms with Gasteiger partial charge in [0.15, 0.2) is 0 Å². The molecular formula is C18H20N2OS2. The molecule has 1 spiro atoms. The van der Waals surface area contributed by atoms with Crippen molar-refractivity contribution in [1.29, 1.82) is 0 Å². The molecule has 23 heavy (non-hydrogen) atoms. The van der Waals surface area contributed by atoms with Crippen LogP contribution in [0.15, 0.2) is 46.1 Å². The highest BCUT2D eigenvalue weighted by molar-refractivity contribution is 8.02. The molecule has 2 aromatic rings. The van der Waals surface area contributed by atoms with Crippen LogP contribution in [0.1, 0.15) is 24.1 Å². The van der Waals surface area contributed by atoms with E-state index in [4.69, 9.17) is 0 Å². The molecule has 2 aliphatic rings. The molecule has 0 atom stereocenters. The fourth-order valence-corrected chi connectivity index (χ4v) is 6.02. The zero-order chi connectivity index (χ0) is 15.7. The van der Waals surface area contributed by atoms with Gasteiger partial charge in [-0.1, -0.05) is 6.07 Å². The third-order valence-electron chi connectivity index (χ3n) is 4.71. The summed E-state index contributed by atoms with van der Waals surface area (Å²) in [5.74, 6) is 0.474. The number of hydrogen-bond acceptors (Lipinski definition) is 5. The zero-order valence-electron chi connectivity index (χ0n) is 12.9. The lowest BCUT2D eigenvalue weighted by Gasteiger charge is -2.41. The predicted octanol–water partition coefficient (Wildman–Crippen LogP) is 4.23. The summed E-state index contributed by atoms with van der Waals surface area (Å²) in [6.07, 6.45) is 7.17. The van der Waals surface area contributed by atoms with E-state index >= 15 is 0 Å². The summed E-state index contributed by atoms with van der Waals surface area (Å²) in [7, 11) is 0. The number of nitrogens with zero attached hydrogens (tertiary/aromatic N) is 2. The Balaban J connectivity index is 1.37. The monoisotopic (exact) mass is 344 g/mol. The highest BCUT2D eigenvalue weighted by atomic mass is 32.2. The largest absolute Gasteiger partial charge is 0.508 e. The summed E-state index contributed by atoms with van der Waals surface area (Å²) in [5.41, 5.74) is 2.18. The summed E-state index contributed by atoms with van der Waals surface area (Å²) in [6, 6.07) is 8.14. The minimum atomic E-state index is 0.0867. The Kier molecular flexibility index (Phi) is 4.18. The predicted molar refractivity (Wildman–Crippen MR) is 97.1 cm³/mol. The average molecular weight is 345 g/mol. The molecule has 1 N–H and O–H groups in total. The Morgan fingerprint density at radius 3 is 2.87 bits per heavy atom. The Hall–Kier alpha value is -1.30. The standard InChI is InChI=1S/C18H20N2OS2/c21-16-13-18(23-17-15(16)5-12-22-17)6-10-20(11-7-18)9-4-14-3-1-2-8-19-14/h1-3,5,8,12-13,21H,4,6-7,9-11H2. The topological polar surface area (TPSA) is 36.4 Å². The van der Waals surface area contributed by atoms with Gasteiger partial charge in [0.2, 0.25) is 0 Å². The first-order valence-electron chi connectivity index (χ1n) is 8.05. The van der Waals surface area contributed by atoms with Crippen molar-refractivity contribution in [1.82, 2.24) is 9.88 Å². The molecule has 3 nitrogen and oxygen atoms in total. The van der Waals surface area contributed by atoms with Crippen molar-refractivity contribution in [2.75, 3.05) is 19.6 Å². The number of piperidine rings is 1. The van der Waals surface area contributed by atoms with Crippen molar-refractivity contribution in [2.24, 2.45) is 0 Å². The minimum absolute atomic E-state index is 0.0867. The molecule has 0 bridgehead atoms. The van der Waals surface area contributed by atoms with Gasteiger partial charge < -0.3 is 10.0 Å². The minimum Gasteiger partial charge on any atom is -0.508 e. The smallest absolute Gasteiger partial charge is 0.122 e. The van der Waals surface area contributed by atoms with E-state index in [0.29, 0.717) is 5.76 Å². The van der Waals surface area contributed by atoms with Crippen LogP contribution in [-0.4, -0.2) is 39.4 Å². The van der Waals surface area contributed by atoms with Crippen LogP contribution in [-0.2, 0) is 6.42 Å². The Morgan fingerprint density at radius 1 is 1.22 bits per heavy atom. The van der Waals surface area contributed by atoms with Gasteiger partial charge in [-0.15, -0.1) is 23.1 Å². The first-order chi connectivity index (χ1) is 11.2. The van der Waals surface area contributed by atoms with Gasteiger partial charge in [0, 0.05) is 35.2 Å². The molecule has 2 aliphatic heterocycles. The van der Waals surface area contributed by atoms with Crippen LogP contribution >= 0.6 is 23.1 Å². The third-order valence-corrected chi connectivity index (χ3v) is 7.30. The van der Waals surface area contributed by atoms with E-state index in [-0.39, 0.29) is 4.75 Å². The molecule has 0 aliphatic carbocycles. The van der Waals surface area contributed by atoms with Crippen molar-refractivity contribution in [3.05, 3.63) is 53.2 Å². The number of hydrogen-bond donors (Lipinski definition) is 1. The fourth-order valence-electron chi connectivity index (χ4n) is 3.33. The molecule has 2 aromatic heterocycles. The number of thioether (sulfide) groups is 1. The van der Waals surface area contributed by atoms with Gasteiger partial charge in [-0.3, -0.25) is 4.98 Å². The maximum absolute atomic E-state index is 10.3. The number of thiophene rings is 1. The Bertz CT molecular complexity index is 703. The van der Waals surface area contributed by atoms with Crippen molar-refractivity contribution in [3.8, 4) is 0 Å². The normalized spacial score (nSPS) is 20.3. The molecule has 4 rings (SSSR count). The first kappa shape index (κ1) is 15.2. The quantitative estimate of drug-likeness (QED) is 0.904. The van der Waals surface area contributed by atoms with Gasteiger partial charge in [0.25, 0.3) is 0 Å². The van der Waals surface area contributed by atoms with Crippen molar-refractivity contribution >= 4 is 28.9 Å². The highest BCUT2D eigenvalue weighted by Gasteiger charge is 2.38. The molecule has 1 fully saturated rings. The number of fused-ring (bicyclic) bond motifs is 1. The van der Waals surface area contributed by atoms with Gasteiger partial charge in [0.05, 0.1) is 4.21 Å². The summed E-state index contributed by atoms with van der Waals surface area (Å²) in [6.45, 7) is 3.24. The van der Waals surface area contributed by atoms with Crippen molar-refractivity contribution < 1.29 is 5.11 Å². The number of pyridine rings is 1.